The van der Waals surface area contributed by atoms with Crippen LogP contribution in [0.5, 0.6) is 0 Å². The molecule has 1 N–H and O–H groups in total. The maximum absolute atomic E-state index is 11.8. The van der Waals surface area contributed by atoms with Crippen molar-refractivity contribution >= 4 is 27.3 Å². The number of nitrogens with zero attached hydrogens (tertiary/aromatic N) is 3. The number of hydrogen-bond acceptors (Lipinski definition) is 4. The summed E-state index contributed by atoms with van der Waals surface area (Å²) in [7, 11) is 1.64. The molecular formula is C16H19BrN4O. The third-order valence-electron chi connectivity index (χ3n) is 4.09. The van der Waals surface area contributed by atoms with E-state index in [2.05, 4.69) is 62.4 Å². The highest BCUT2D eigenvalue weighted by molar-refractivity contribution is 9.10. The van der Waals surface area contributed by atoms with Gasteiger partial charge >= 0.3 is 0 Å². The molecule has 0 saturated carbocycles. The molecule has 3 rings (SSSR count). The van der Waals surface area contributed by atoms with Crippen LogP contribution in [0.4, 0.5) is 11.4 Å². The van der Waals surface area contributed by atoms with Crippen molar-refractivity contribution in [1.82, 2.24) is 9.78 Å². The number of nitrogens with one attached hydrogen (secondary N) is 1. The normalized spacial score (nSPS) is 16.7. The molecule has 1 aliphatic rings. The van der Waals surface area contributed by atoms with E-state index in [4.69, 9.17) is 0 Å². The maximum Gasteiger partial charge on any atom is 0.282 e. The monoisotopic (exact) mass is 362 g/mol. The van der Waals surface area contributed by atoms with Gasteiger partial charge in [0.25, 0.3) is 5.56 Å². The first-order valence-electron chi connectivity index (χ1n) is 7.38. The first-order chi connectivity index (χ1) is 10.6. The maximum atomic E-state index is 11.8. The molecule has 0 saturated heterocycles. The summed E-state index contributed by atoms with van der Waals surface area (Å²) in [6, 6.07) is 9.05. The molecule has 0 fully saturated rings. The zero-order chi connectivity index (χ0) is 15.7. The van der Waals surface area contributed by atoms with E-state index in [0.29, 0.717) is 10.5 Å². The van der Waals surface area contributed by atoms with Crippen LogP contribution in [0.25, 0.3) is 0 Å². The Bertz CT molecular complexity index is 743. The van der Waals surface area contributed by atoms with Gasteiger partial charge < -0.3 is 10.2 Å². The fourth-order valence-corrected chi connectivity index (χ4v) is 3.41. The van der Waals surface area contributed by atoms with Gasteiger partial charge in [0.15, 0.2) is 0 Å². The number of fused-ring (bicyclic) bond motifs is 1. The standard InChI is InChI=1S/C16H19BrN4O/c1-11-9-12-5-3-4-6-14(12)21(11)8-7-18-13-10-19-20(2)16(22)15(13)17/h3-6,10-11,18H,7-9H2,1-2H3. The zero-order valence-corrected chi connectivity index (χ0v) is 14.3. The number of anilines is 2. The van der Waals surface area contributed by atoms with E-state index < -0.39 is 0 Å². The average molecular weight is 363 g/mol. The Hall–Kier alpha value is -1.82. The molecule has 1 unspecified atom stereocenters. The minimum Gasteiger partial charge on any atom is -0.381 e. The molecule has 1 aromatic heterocycles. The molecule has 116 valence electrons. The summed E-state index contributed by atoms with van der Waals surface area (Å²) in [4.78, 5) is 14.2. The topological polar surface area (TPSA) is 50.2 Å². The fourth-order valence-electron chi connectivity index (χ4n) is 2.92. The van der Waals surface area contributed by atoms with Crippen LogP contribution in [0.1, 0.15) is 12.5 Å². The average Bonchev–Trinajstić information content (AvgIpc) is 2.83. The van der Waals surface area contributed by atoms with Crippen LogP contribution in [-0.2, 0) is 13.5 Å². The molecule has 0 bridgehead atoms. The molecule has 1 aromatic carbocycles. The minimum atomic E-state index is -0.134. The summed E-state index contributed by atoms with van der Waals surface area (Å²) in [5.41, 5.74) is 3.33. The first kappa shape index (κ1) is 15.1. The summed E-state index contributed by atoms with van der Waals surface area (Å²) < 4.78 is 1.84. The molecule has 1 aliphatic heterocycles. The van der Waals surface area contributed by atoms with Gasteiger partial charge in [0.2, 0.25) is 0 Å². The Labute approximate surface area is 138 Å². The van der Waals surface area contributed by atoms with Gasteiger partial charge in [-0.1, -0.05) is 18.2 Å². The predicted octanol–water partition coefficient (Wildman–Crippen LogP) is 2.41. The summed E-state index contributed by atoms with van der Waals surface area (Å²) in [5.74, 6) is 0. The largest absolute Gasteiger partial charge is 0.381 e. The zero-order valence-electron chi connectivity index (χ0n) is 12.7. The van der Waals surface area contributed by atoms with Crippen LogP contribution < -0.4 is 15.8 Å². The van der Waals surface area contributed by atoms with Crippen molar-refractivity contribution in [3.63, 3.8) is 0 Å². The lowest BCUT2D eigenvalue weighted by atomic mass is 10.1. The van der Waals surface area contributed by atoms with Crippen LogP contribution in [0.2, 0.25) is 0 Å². The van der Waals surface area contributed by atoms with Gasteiger partial charge in [0.05, 0.1) is 11.9 Å². The number of para-hydroxylation sites is 1. The number of benzene rings is 1. The van der Waals surface area contributed by atoms with Gasteiger partial charge in [-0.3, -0.25) is 4.79 Å². The van der Waals surface area contributed by atoms with Crippen molar-refractivity contribution in [2.75, 3.05) is 23.3 Å². The molecule has 2 aromatic rings. The highest BCUT2D eigenvalue weighted by Crippen LogP contribution is 2.31. The van der Waals surface area contributed by atoms with Gasteiger partial charge in [0.1, 0.15) is 4.47 Å². The van der Waals surface area contributed by atoms with Crippen molar-refractivity contribution < 1.29 is 0 Å². The number of halogens is 1. The Kier molecular flexibility index (Phi) is 4.20. The van der Waals surface area contributed by atoms with Gasteiger partial charge in [-0.15, -0.1) is 0 Å². The van der Waals surface area contributed by atoms with Gasteiger partial charge in [0, 0.05) is 31.9 Å². The third-order valence-corrected chi connectivity index (χ3v) is 4.86. The number of aryl methyl sites for hydroxylation is 1. The third kappa shape index (κ3) is 2.75. The van der Waals surface area contributed by atoms with Crippen LogP contribution in [0, 0.1) is 0 Å². The molecule has 5 nitrogen and oxygen atoms in total. The van der Waals surface area contributed by atoms with Crippen molar-refractivity contribution in [3.05, 3.63) is 50.9 Å². The Morgan fingerprint density at radius 2 is 2.18 bits per heavy atom. The number of rotatable bonds is 4. The van der Waals surface area contributed by atoms with Crippen molar-refractivity contribution in [2.45, 2.75) is 19.4 Å². The van der Waals surface area contributed by atoms with E-state index >= 15 is 0 Å². The second-order valence-electron chi connectivity index (χ2n) is 5.60. The Morgan fingerprint density at radius 1 is 1.41 bits per heavy atom. The number of aromatic nitrogens is 2. The molecular weight excluding hydrogens is 344 g/mol. The van der Waals surface area contributed by atoms with E-state index in [9.17, 15) is 4.79 Å². The van der Waals surface area contributed by atoms with E-state index in [1.807, 2.05) is 0 Å². The number of hydrogen-bond donors (Lipinski definition) is 1. The molecule has 0 radical (unpaired) electrons. The Balaban J connectivity index is 1.67. The lowest BCUT2D eigenvalue weighted by molar-refractivity contribution is 0.678. The molecule has 2 heterocycles. The van der Waals surface area contributed by atoms with Gasteiger partial charge in [-0.25, -0.2) is 4.68 Å². The highest BCUT2D eigenvalue weighted by Gasteiger charge is 2.24. The van der Waals surface area contributed by atoms with Crippen LogP contribution in [-0.4, -0.2) is 28.9 Å². The lowest BCUT2D eigenvalue weighted by Crippen LogP contribution is -2.34. The smallest absolute Gasteiger partial charge is 0.282 e. The van der Waals surface area contributed by atoms with Crippen molar-refractivity contribution in [2.24, 2.45) is 7.05 Å². The minimum absolute atomic E-state index is 0.134. The summed E-state index contributed by atoms with van der Waals surface area (Å²) >= 11 is 3.33. The molecule has 0 aliphatic carbocycles. The Morgan fingerprint density at radius 3 is 3.00 bits per heavy atom. The second-order valence-corrected chi connectivity index (χ2v) is 6.40. The van der Waals surface area contributed by atoms with Crippen molar-refractivity contribution in [1.29, 1.82) is 0 Å². The summed E-state index contributed by atoms with van der Waals surface area (Å²) in [6.07, 6.45) is 2.76. The first-order valence-corrected chi connectivity index (χ1v) is 8.17. The SMILES string of the molecule is CC1Cc2ccccc2N1CCNc1cnn(C)c(=O)c1Br. The van der Waals surface area contributed by atoms with Gasteiger partial charge in [-0.2, -0.15) is 5.10 Å². The summed E-state index contributed by atoms with van der Waals surface area (Å²) in [5, 5.41) is 7.33. The highest BCUT2D eigenvalue weighted by atomic mass is 79.9. The molecule has 0 amide bonds. The van der Waals surface area contributed by atoms with E-state index in [0.717, 1.165) is 25.2 Å². The van der Waals surface area contributed by atoms with E-state index in [1.165, 1.54) is 15.9 Å². The molecule has 6 heteroatoms. The molecule has 0 spiro atoms. The summed E-state index contributed by atoms with van der Waals surface area (Å²) in [6.45, 7) is 3.89. The quantitative estimate of drug-likeness (QED) is 0.907. The molecule has 1 atom stereocenters. The molecule has 22 heavy (non-hydrogen) atoms. The second kappa shape index (κ2) is 6.12. The van der Waals surface area contributed by atoms with Crippen LogP contribution in [0.3, 0.4) is 0 Å². The lowest BCUT2D eigenvalue weighted by Gasteiger charge is -2.25. The fraction of sp³-hybridized carbons (Fsp3) is 0.375. The van der Waals surface area contributed by atoms with Crippen molar-refractivity contribution in [3.8, 4) is 0 Å². The van der Waals surface area contributed by atoms with E-state index in [1.54, 1.807) is 13.2 Å². The van der Waals surface area contributed by atoms with Gasteiger partial charge in [-0.05, 0) is 40.9 Å². The predicted molar refractivity (Wildman–Crippen MR) is 92.6 cm³/mol. The van der Waals surface area contributed by atoms with Crippen LogP contribution >= 0.6 is 15.9 Å². The van der Waals surface area contributed by atoms with E-state index in [-0.39, 0.29) is 5.56 Å². The van der Waals surface area contributed by atoms with Crippen LogP contribution in [0.15, 0.2) is 39.7 Å².